The minimum absolute atomic E-state index is 0.391. The number of hydrogen-bond donors (Lipinski definition) is 0. The molecule has 0 unspecified atom stereocenters. The molecule has 1 aromatic carbocycles. The van der Waals surface area contributed by atoms with E-state index in [1.165, 1.54) is 0 Å². The van der Waals surface area contributed by atoms with Crippen LogP contribution in [0.25, 0.3) is 10.9 Å². The Bertz CT molecular complexity index is 771. The Morgan fingerprint density at radius 1 is 1.14 bits per heavy atom. The van der Waals surface area contributed by atoms with Crippen LogP contribution in [-0.4, -0.2) is 15.0 Å². The smallest absolute Gasteiger partial charge is 0.224 e. The second-order valence-electron chi connectivity index (χ2n) is 4.62. The lowest BCUT2D eigenvalue weighted by atomic mass is 10.2. The predicted octanol–water partition coefficient (Wildman–Crippen LogP) is 4.42. The van der Waals surface area contributed by atoms with Crippen molar-refractivity contribution in [2.45, 2.75) is 19.8 Å². The topological polar surface area (TPSA) is 47.9 Å². The van der Waals surface area contributed by atoms with Crippen molar-refractivity contribution in [1.82, 2.24) is 15.0 Å². The van der Waals surface area contributed by atoms with Crippen molar-refractivity contribution in [2.75, 3.05) is 0 Å². The molecule has 0 N–H and O–H groups in total. The first-order valence-electron chi connectivity index (χ1n) is 6.81. The molecule has 0 saturated heterocycles. The Labute approximate surface area is 127 Å². The van der Waals surface area contributed by atoms with Gasteiger partial charge in [0, 0.05) is 24.1 Å². The highest BCUT2D eigenvalue weighted by Gasteiger charge is 2.08. The molecule has 0 saturated carbocycles. The summed E-state index contributed by atoms with van der Waals surface area (Å²) in [5, 5.41) is 1.33. The Hall–Kier alpha value is -2.20. The van der Waals surface area contributed by atoms with Gasteiger partial charge in [-0.2, -0.15) is 4.98 Å². The number of rotatable bonds is 4. The zero-order valence-corrected chi connectivity index (χ0v) is 12.3. The molecule has 0 fully saturated rings. The maximum atomic E-state index is 6.03. The Morgan fingerprint density at radius 3 is 2.90 bits per heavy atom. The molecule has 0 amide bonds. The minimum Gasteiger partial charge on any atom is -0.438 e. The number of aryl methyl sites for hydroxylation is 1. The van der Waals surface area contributed by atoms with Gasteiger partial charge in [0.05, 0.1) is 5.52 Å². The quantitative estimate of drug-likeness (QED) is 0.669. The van der Waals surface area contributed by atoms with Gasteiger partial charge in [-0.1, -0.05) is 24.6 Å². The van der Waals surface area contributed by atoms with E-state index in [1.807, 2.05) is 30.3 Å². The van der Waals surface area contributed by atoms with E-state index in [1.54, 1.807) is 12.3 Å². The molecule has 0 atom stereocenters. The predicted molar refractivity (Wildman–Crippen MR) is 82.9 cm³/mol. The molecular weight excluding hydrogens is 286 g/mol. The summed E-state index contributed by atoms with van der Waals surface area (Å²) < 4.78 is 5.88. The van der Waals surface area contributed by atoms with E-state index in [0.29, 0.717) is 22.6 Å². The fourth-order valence-electron chi connectivity index (χ4n) is 2.11. The van der Waals surface area contributed by atoms with Gasteiger partial charge in [-0.05, 0) is 30.7 Å². The lowest BCUT2D eigenvalue weighted by molar-refractivity contribution is 0.463. The van der Waals surface area contributed by atoms with Crippen molar-refractivity contribution in [1.29, 1.82) is 0 Å². The highest BCUT2D eigenvalue weighted by molar-refractivity contribution is 6.29. The molecule has 0 aliphatic carbocycles. The van der Waals surface area contributed by atoms with E-state index in [2.05, 4.69) is 21.9 Å². The molecule has 0 aliphatic rings. The normalized spacial score (nSPS) is 10.8. The van der Waals surface area contributed by atoms with Crippen molar-refractivity contribution < 1.29 is 4.74 Å². The standard InChI is InChI=1S/C16H14ClN3O/c1-2-5-15-19-14(17)10-16(20-15)21-13-8-3-7-12-11(13)6-4-9-18-12/h3-4,6-10H,2,5H2,1H3. The van der Waals surface area contributed by atoms with Crippen molar-refractivity contribution in [3.63, 3.8) is 0 Å². The van der Waals surface area contributed by atoms with Gasteiger partial charge >= 0.3 is 0 Å². The number of nitrogens with zero attached hydrogens (tertiary/aromatic N) is 3. The fraction of sp³-hybridized carbons (Fsp3) is 0.188. The van der Waals surface area contributed by atoms with Crippen LogP contribution >= 0.6 is 11.6 Å². The molecule has 3 aromatic rings. The Kier molecular flexibility index (Phi) is 3.97. The van der Waals surface area contributed by atoms with Crippen molar-refractivity contribution >= 4 is 22.5 Å². The molecule has 106 valence electrons. The van der Waals surface area contributed by atoms with Gasteiger partial charge in [0.2, 0.25) is 5.88 Å². The number of hydrogen-bond acceptors (Lipinski definition) is 4. The highest BCUT2D eigenvalue weighted by atomic mass is 35.5. The molecule has 4 nitrogen and oxygen atoms in total. The third kappa shape index (κ3) is 3.11. The van der Waals surface area contributed by atoms with Gasteiger partial charge in [-0.15, -0.1) is 0 Å². The van der Waals surface area contributed by atoms with Crippen LogP contribution in [0.1, 0.15) is 19.2 Å². The summed E-state index contributed by atoms with van der Waals surface area (Å²) in [6.45, 7) is 2.07. The molecule has 0 spiro atoms. The van der Waals surface area contributed by atoms with E-state index in [9.17, 15) is 0 Å². The zero-order valence-electron chi connectivity index (χ0n) is 11.6. The van der Waals surface area contributed by atoms with Crippen molar-refractivity contribution in [3.8, 4) is 11.6 Å². The molecule has 2 heterocycles. The average Bonchev–Trinajstić information content (AvgIpc) is 2.47. The Morgan fingerprint density at radius 2 is 2.05 bits per heavy atom. The summed E-state index contributed by atoms with van der Waals surface area (Å²) >= 11 is 6.03. The van der Waals surface area contributed by atoms with Crippen LogP contribution in [-0.2, 0) is 6.42 Å². The third-order valence-electron chi connectivity index (χ3n) is 3.01. The molecule has 21 heavy (non-hydrogen) atoms. The van der Waals surface area contributed by atoms with E-state index < -0.39 is 0 Å². The number of fused-ring (bicyclic) bond motifs is 1. The maximum absolute atomic E-state index is 6.03. The molecule has 0 aliphatic heterocycles. The molecule has 3 rings (SSSR count). The minimum atomic E-state index is 0.391. The van der Waals surface area contributed by atoms with Crippen molar-refractivity contribution in [2.24, 2.45) is 0 Å². The number of aromatic nitrogens is 3. The first-order valence-corrected chi connectivity index (χ1v) is 7.19. The van der Waals surface area contributed by atoms with E-state index >= 15 is 0 Å². The largest absolute Gasteiger partial charge is 0.438 e. The number of halogens is 1. The molecule has 5 heteroatoms. The summed E-state index contributed by atoms with van der Waals surface area (Å²) in [5.41, 5.74) is 0.879. The second-order valence-corrected chi connectivity index (χ2v) is 5.01. The number of ether oxygens (including phenoxy) is 1. The van der Waals surface area contributed by atoms with Gasteiger partial charge in [0.15, 0.2) is 0 Å². The first-order chi connectivity index (χ1) is 10.3. The van der Waals surface area contributed by atoms with Gasteiger partial charge in [0.1, 0.15) is 16.7 Å². The zero-order chi connectivity index (χ0) is 14.7. The van der Waals surface area contributed by atoms with Crippen LogP contribution in [0.5, 0.6) is 11.6 Å². The Balaban J connectivity index is 1.98. The monoisotopic (exact) mass is 299 g/mol. The van der Waals surface area contributed by atoms with Crippen LogP contribution in [0.4, 0.5) is 0 Å². The van der Waals surface area contributed by atoms with Crippen LogP contribution in [0.3, 0.4) is 0 Å². The lowest BCUT2D eigenvalue weighted by Crippen LogP contribution is -1.98. The first kappa shape index (κ1) is 13.8. The van der Waals surface area contributed by atoms with Crippen LogP contribution in [0, 0.1) is 0 Å². The lowest BCUT2D eigenvalue weighted by Gasteiger charge is -2.09. The van der Waals surface area contributed by atoms with E-state index in [0.717, 1.165) is 23.7 Å². The van der Waals surface area contributed by atoms with Gasteiger partial charge in [-0.3, -0.25) is 4.98 Å². The summed E-state index contributed by atoms with van der Waals surface area (Å²) in [6, 6.07) is 11.2. The van der Waals surface area contributed by atoms with Crippen LogP contribution in [0.2, 0.25) is 5.15 Å². The molecule has 0 bridgehead atoms. The fourth-order valence-corrected chi connectivity index (χ4v) is 2.30. The summed E-state index contributed by atoms with van der Waals surface area (Å²) in [7, 11) is 0. The van der Waals surface area contributed by atoms with Crippen LogP contribution in [0.15, 0.2) is 42.6 Å². The van der Waals surface area contributed by atoms with Gasteiger partial charge in [0.25, 0.3) is 0 Å². The molecule has 2 aromatic heterocycles. The molecule has 0 radical (unpaired) electrons. The molecular formula is C16H14ClN3O. The summed E-state index contributed by atoms with van der Waals surface area (Å²) in [4.78, 5) is 12.9. The average molecular weight is 300 g/mol. The summed E-state index contributed by atoms with van der Waals surface area (Å²) in [5.74, 6) is 1.85. The van der Waals surface area contributed by atoms with Gasteiger partial charge < -0.3 is 4.74 Å². The maximum Gasteiger partial charge on any atom is 0.224 e. The highest BCUT2D eigenvalue weighted by Crippen LogP contribution is 2.28. The second kappa shape index (κ2) is 6.06. The summed E-state index contributed by atoms with van der Waals surface area (Å²) in [6.07, 6.45) is 3.49. The van der Waals surface area contributed by atoms with Crippen molar-refractivity contribution in [3.05, 3.63) is 53.6 Å². The van der Waals surface area contributed by atoms with Crippen LogP contribution < -0.4 is 4.74 Å². The van der Waals surface area contributed by atoms with E-state index in [-0.39, 0.29) is 0 Å². The SMILES string of the molecule is CCCc1nc(Cl)cc(Oc2cccc3ncccc23)n1. The number of pyridine rings is 1. The van der Waals surface area contributed by atoms with E-state index in [4.69, 9.17) is 16.3 Å². The third-order valence-corrected chi connectivity index (χ3v) is 3.21. The van der Waals surface area contributed by atoms with Gasteiger partial charge in [-0.25, -0.2) is 4.98 Å². The number of benzene rings is 1.